The minimum atomic E-state index is -2.89. The van der Waals surface area contributed by atoms with Crippen molar-refractivity contribution < 1.29 is 14.3 Å². The largest absolute Gasteiger partial charge is 0.431 e. The molecule has 0 unspecified atom stereocenters. The highest BCUT2D eigenvalue weighted by Gasteiger charge is 2.54. The van der Waals surface area contributed by atoms with E-state index >= 15 is 0 Å². The first kappa shape index (κ1) is 24.8. The Labute approximate surface area is 220 Å². The van der Waals surface area contributed by atoms with Crippen LogP contribution in [-0.2, 0) is 20.7 Å². The lowest BCUT2D eigenvalue weighted by molar-refractivity contribution is -0.162. The molecule has 1 aliphatic rings. The summed E-state index contributed by atoms with van der Waals surface area (Å²) in [5, 5.41) is 3.45. The summed E-state index contributed by atoms with van der Waals surface area (Å²) >= 11 is 0. The maximum Gasteiger partial charge on any atom is 0.354 e. The van der Waals surface area contributed by atoms with E-state index < -0.39 is 25.4 Å². The molecule has 0 spiro atoms. The minimum Gasteiger partial charge on any atom is -0.431 e. The maximum atomic E-state index is 13.5. The van der Waals surface area contributed by atoms with Gasteiger partial charge in [-0.25, -0.2) is 4.79 Å². The summed E-state index contributed by atoms with van der Waals surface area (Å²) in [7, 11) is -2.89. The molecule has 4 heteroatoms. The van der Waals surface area contributed by atoms with Crippen LogP contribution in [0.1, 0.15) is 25.0 Å². The second-order valence-electron chi connectivity index (χ2n) is 9.98. The summed E-state index contributed by atoms with van der Waals surface area (Å²) in [4.78, 5) is 13.5. The van der Waals surface area contributed by atoms with E-state index in [0.717, 1.165) is 26.7 Å². The van der Waals surface area contributed by atoms with Crippen molar-refractivity contribution >= 4 is 29.6 Å². The molecule has 0 aromatic heterocycles. The average Bonchev–Trinajstić information content (AvgIpc) is 3.15. The SMILES string of the molecule is Cc1ccc(C[C@]2(C#C[Si](c3ccccc3)(c3ccccc3)c3ccccc3)OC(C)(C)OC2=O)cc1. The molecular formula is C33H30O3Si. The molecule has 5 rings (SSSR count). The Kier molecular flexibility index (Phi) is 6.60. The van der Waals surface area contributed by atoms with E-state index in [2.05, 4.69) is 84.3 Å². The monoisotopic (exact) mass is 502 g/mol. The molecule has 1 aliphatic heterocycles. The molecular weight excluding hydrogens is 472 g/mol. The second kappa shape index (κ2) is 9.86. The Morgan fingerprint density at radius 1 is 0.703 bits per heavy atom. The first-order chi connectivity index (χ1) is 17.8. The molecule has 0 amide bonds. The lowest BCUT2D eigenvalue weighted by Gasteiger charge is -2.29. The van der Waals surface area contributed by atoms with Crippen LogP contribution in [0, 0.1) is 18.4 Å². The number of hydrogen-bond acceptors (Lipinski definition) is 3. The van der Waals surface area contributed by atoms with Gasteiger partial charge in [0.1, 0.15) is 0 Å². The van der Waals surface area contributed by atoms with E-state index in [1.807, 2.05) is 49.4 Å². The molecule has 3 nitrogen and oxygen atoms in total. The van der Waals surface area contributed by atoms with E-state index in [4.69, 9.17) is 9.47 Å². The number of ether oxygens (including phenoxy) is 2. The molecule has 37 heavy (non-hydrogen) atoms. The van der Waals surface area contributed by atoms with Crippen molar-refractivity contribution in [2.75, 3.05) is 0 Å². The van der Waals surface area contributed by atoms with Gasteiger partial charge in [-0.3, -0.25) is 0 Å². The lowest BCUT2D eigenvalue weighted by Crippen LogP contribution is -2.66. The van der Waals surface area contributed by atoms with Crippen LogP contribution in [0.15, 0.2) is 115 Å². The second-order valence-corrected chi connectivity index (χ2v) is 13.5. The van der Waals surface area contributed by atoms with Gasteiger partial charge in [-0.1, -0.05) is 127 Å². The third kappa shape index (κ3) is 4.89. The van der Waals surface area contributed by atoms with Crippen LogP contribution < -0.4 is 15.6 Å². The number of hydrogen-bond donors (Lipinski definition) is 0. The zero-order chi connectivity index (χ0) is 25.9. The van der Waals surface area contributed by atoms with E-state index in [1.54, 1.807) is 13.8 Å². The highest BCUT2D eigenvalue weighted by molar-refractivity contribution is 7.16. The molecule has 4 aromatic rings. The summed E-state index contributed by atoms with van der Waals surface area (Å²) in [5.41, 5.74) is 4.45. The number of cyclic esters (lactones) is 1. The molecule has 4 aromatic carbocycles. The van der Waals surface area contributed by atoms with E-state index in [0.29, 0.717) is 6.42 Å². The van der Waals surface area contributed by atoms with Crippen molar-refractivity contribution in [1.82, 2.24) is 0 Å². The highest BCUT2D eigenvalue weighted by atomic mass is 28.3. The van der Waals surface area contributed by atoms with Gasteiger partial charge in [0.05, 0.1) is 0 Å². The molecule has 1 fully saturated rings. The lowest BCUT2D eigenvalue weighted by atomic mass is 9.95. The smallest absolute Gasteiger partial charge is 0.354 e. The topological polar surface area (TPSA) is 35.5 Å². The molecule has 1 heterocycles. The predicted molar refractivity (Wildman–Crippen MR) is 151 cm³/mol. The van der Waals surface area contributed by atoms with Crippen LogP contribution in [0.5, 0.6) is 0 Å². The Hall–Kier alpha value is -3.91. The summed E-state index contributed by atoms with van der Waals surface area (Å²) in [5.74, 6) is 1.91. The molecule has 0 N–H and O–H groups in total. The summed E-state index contributed by atoms with van der Waals surface area (Å²) in [6, 6.07) is 39.4. The van der Waals surface area contributed by atoms with Crippen LogP contribution in [0.2, 0.25) is 0 Å². The van der Waals surface area contributed by atoms with Crippen molar-refractivity contribution in [3.8, 4) is 11.5 Å². The van der Waals surface area contributed by atoms with Crippen molar-refractivity contribution in [2.45, 2.75) is 38.6 Å². The van der Waals surface area contributed by atoms with Gasteiger partial charge in [0.15, 0.2) is 0 Å². The minimum absolute atomic E-state index is 0.311. The van der Waals surface area contributed by atoms with Crippen molar-refractivity contribution in [3.05, 3.63) is 126 Å². The van der Waals surface area contributed by atoms with Gasteiger partial charge < -0.3 is 9.47 Å². The van der Waals surface area contributed by atoms with Gasteiger partial charge in [0.2, 0.25) is 19.5 Å². The number of benzene rings is 4. The predicted octanol–water partition coefficient (Wildman–Crippen LogP) is 4.30. The molecule has 1 atom stereocenters. The van der Waals surface area contributed by atoms with Gasteiger partial charge in [-0.2, -0.15) is 0 Å². The van der Waals surface area contributed by atoms with Crippen molar-refractivity contribution in [3.63, 3.8) is 0 Å². The quantitative estimate of drug-likeness (QED) is 0.177. The van der Waals surface area contributed by atoms with Crippen molar-refractivity contribution in [2.24, 2.45) is 0 Å². The van der Waals surface area contributed by atoms with Gasteiger partial charge >= 0.3 is 5.97 Å². The van der Waals surface area contributed by atoms with Crippen LogP contribution in [0.4, 0.5) is 0 Å². The highest BCUT2D eigenvalue weighted by Crippen LogP contribution is 2.35. The van der Waals surface area contributed by atoms with E-state index in [1.165, 1.54) is 0 Å². The third-order valence-corrected chi connectivity index (χ3v) is 10.8. The Morgan fingerprint density at radius 3 is 1.57 bits per heavy atom. The third-order valence-electron chi connectivity index (χ3n) is 6.73. The zero-order valence-corrected chi connectivity index (χ0v) is 22.4. The van der Waals surface area contributed by atoms with Gasteiger partial charge in [0, 0.05) is 20.3 Å². The van der Waals surface area contributed by atoms with Gasteiger partial charge in [0.25, 0.3) is 0 Å². The Bertz CT molecular complexity index is 1340. The maximum absolute atomic E-state index is 13.5. The normalized spacial score (nSPS) is 18.5. The summed E-state index contributed by atoms with van der Waals surface area (Å²) in [6.45, 7) is 5.57. The van der Waals surface area contributed by atoms with Crippen LogP contribution in [-0.4, -0.2) is 25.4 Å². The number of rotatable bonds is 5. The fraction of sp³-hybridized carbons (Fsp3) is 0.182. The van der Waals surface area contributed by atoms with Gasteiger partial charge in [-0.05, 0) is 28.0 Å². The Balaban J connectivity index is 1.76. The molecule has 0 aliphatic carbocycles. The first-order valence-electron chi connectivity index (χ1n) is 12.5. The average molecular weight is 503 g/mol. The molecule has 0 bridgehead atoms. The number of carbonyl (C=O) groups excluding carboxylic acids is 1. The standard InChI is InChI=1S/C33H30O3Si/c1-26-19-21-27(22-20-26)25-33(31(34)35-32(2,3)36-33)23-24-37(28-13-7-4-8-14-28,29-15-9-5-10-16-29)30-17-11-6-12-18-30/h4-22H,25H2,1-3H3/t33-/m0/s1. The van der Waals surface area contributed by atoms with Gasteiger partial charge in [-0.15, -0.1) is 5.54 Å². The molecule has 0 saturated carbocycles. The first-order valence-corrected chi connectivity index (χ1v) is 14.5. The van der Waals surface area contributed by atoms with Crippen LogP contribution in [0.25, 0.3) is 0 Å². The molecule has 184 valence electrons. The number of aryl methyl sites for hydroxylation is 1. The van der Waals surface area contributed by atoms with Crippen LogP contribution in [0.3, 0.4) is 0 Å². The van der Waals surface area contributed by atoms with E-state index in [9.17, 15) is 4.79 Å². The molecule has 0 radical (unpaired) electrons. The van der Waals surface area contributed by atoms with Crippen LogP contribution >= 0.6 is 0 Å². The molecule has 1 saturated heterocycles. The fourth-order valence-electron chi connectivity index (χ4n) is 4.99. The van der Waals surface area contributed by atoms with E-state index in [-0.39, 0.29) is 0 Å². The number of carbonyl (C=O) groups is 1. The summed E-state index contributed by atoms with van der Waals surface area (Å²) < 4.78 is 12.1. The van der Waals surface area contributed by atoms with Crippen molar-refractivity contribution in [1.29, 1.82) is 0 Å². The zero-order valence-electron chi connectivity index (χ0n) is 21.4. The number of esters is 1. The fourth-order valence-corrected chi connectivity index (χ4v) is 8.89. The summed E-state index contributed by atoms with van der Waals surface area (Å²) in [6.07, 6.45) is 0.311. The Morgan fingerprint density at radius 2 is 1.16 bits per heavy atom.